The van der Waals surface area contributed by atoms with E-state index in [-0.39, 0.29) is 17.5 Å². The van der Waals surface area contributed by atoms with Gasteiger partial charge in [0.25, 0.3) is 5.91 Å². The van der Waals surface area contributed by atoms with E-state index in [1.165, 1.54) is 6.07 Å². The summed E-state index contributed by atoms with van der Waals surface area (Å²) in [4.78, 5) is 34.2. The minimum absolute atomic E-state index is 0.0784. The lowest BCUT2D eigenvalue weighted by Gasteiger charge is -2.29. The zero-order valence-corrected chi connectivity index (χ0v) is 16.0. The number of unbranched alkanes of at least 4 members (excludes halogenated alkanes) is 1. The Morgan fingerprint density at radius 3 is 2.78 bits per heavy atom. The molecule has 140 valence electrons. The zero-order valence-electron chi connectivity index (χ0n) is 16.0. The average Bonchev–Trinajstić information content (AvgIpc) is 2.68. The molecule has 5 nitrogen and oxygen atoms in total. The van der Waals surface area contributed by atoms with Gasteiger partial charge in [0.2, 0.25) is 5.56 Å². The van der Waals surface area contributed by atoms with E-state index in [1.807, 2.05) is 43.5 Å². The van der Waals surface area contributed by atoms with Crippen LogP contribution >= 0.6 is 0 Å². The van der Waals surface area contributed by atoms with Crippen LogP contribution in [0.4, 0.5) is 0 Å². The molecule has 0 spiro atoms. The van der Waals surface area contributed by atoms with Gasteiger partial charge in [-0.2, -0.15) is 0 Å². The smallest absolute Gasteiger partial charge is 0.254 e. The number of rotatable bonds is 6. The molecule has 3 rings (SSSR count). The van der Waals surface area contributed by atoms with Crippen molar-refractivity contribution < 1.29 is 4.79 Å². The van der Waals surface area contributed by atoms with Crippen LogP contribution in [0.5, 0.6) is 0 Å². The van der Waals surface area contributed by atoms with E-state index in [9.17, 15) is 9.59 Å². The van der Waals surface area contributed by atoms with E-state index in [2.05, 4.69) is 16.9 Å². The Hall–Kier alpha value is -2.95. The molecule has 0 aliphatic carbocycles. The Bertz CT molecular complexity index is 995. The summed E-state index contributed by atoms with van der Waals surface area (Å²) >= 11 is 0. The quantitative estimate of drug-likeness (QED) is 0.712. The number of nitrogens with one attached hydrogen (secondary N) is 1. The number of aromatic amines is 1. The molecule has 0 unspecified atom stereocenters. The summed E-state index contributed by atoms with van der Waals surface area (Å²) in [6, 6.07) is 10.9. The second-order valence-corrected chi connectivity index (χ2v) is 6.96. The van der Waals surface area contributed by atoms with E-state index in [0.717, 1.165) is 35.8 Å². The van der Waals surface area contributed by atoms with E-state index in [0.29, 0.717) is 11.1 Å². The van der Waals surface area contributed by atoms with Crippen molar-refractivity contribution in [2.24, 2.45) is 0 Å². The fourth-order valence-electron chi connectivity index (χ4n) is 3.43. The Balaban J connectivity index is 2.04. The van der Waals surface area contributed by atoms with E-state index in [4.69, 9.17) is 0 Å². The van der Waals surface area contributed by atoms with Gasteiger partial charge in [0.15, 0.2) is 0 Å². The van der Waals surface area contributed by atoms with Crippen molar-refractivity contribution in [3.63, 3.8) is 0 Å². The average molecular weight is 363 g/mol. The molecule has 1 atom stereocenters. The number of amides is 1. The summed E-state index contributed by atoms with van der Waals surface area (Å²) in [6.45, 7) is 4.11. The van der Waals surface area contributed by atoms with Gasteiger partial charge in [-0.3, -0.25) is 14.6 Å². The third-order valence-electron chi connectivity index (χ3n) is 4.92. The summed E-state index contributed by atoms with van der Waals surface area (Å²) in [7, 11) is 1.80. The van der Waals surface area contributed by atoms with E-state index < -0.39 is 0 Å². The summed E-state index contributed by atoms with van der Waals surface area (Å²) < 4.78 is 0. The predicted molar refractivity (Wildman–Crippen MR) is 108 cm³/mol. The molecule has 1 amide bonds. The first-order chi connectivity index (χ1) is 13.0. The summed E-state index contributed by atoms with van der Waals surface area (Å²) in [6.07, 6.45) is 6.45. The number of pyridine rings is 2. The first kappa shape index (κ1) is 18.8. The van der Waals surface area contributed by atoms with Crippen molar-refractivity contribution in [2.45, 2.75) is 39.2 Å². The molecule has 1 N–H and O–H groups in total. The van der Waals surface area contributed by atoms with Crippen LogP contribution in [0.3, 0.4) is 0 Å². The molecule has 27 heavy (non-hydrogen) atoms. The first-order valence-corrected chi connectivity index (χ1v) is 9.32. The number of hydrogen-bond donors (Lipinski definition) is 1. The monoisotopic (exact) mass is 363 g/mol. The SMILES string of the molecule is CCCC[C@@H](c1cccnc1)N(C)C(=O)c1cc(=O)[nH]c2ccc(C)cc12. The topological polar surface area (TPSA) is 66.1 Å². The van der Waals surface area contributed by atoms with E-state index in [1.54, 1.807) is 18.1 Å². The van der Waals surface area contributed by atoms with Gasteiger partial charge in [-0.25, -0.2) is 0 Å². The highest BCUT2D eigenvalue weighted by molar-refractivity contribution is 6.06. The molecule has 0 saturated heterocycles. The minimum Gasteiger partial charge on any atom is -0.335 e. The van der Waals surface area contributed by atoms with Crippen LogP contribution in [0.2, 0.25) is 0 Å². The highest BCUT2D eigenvalue weighted by Gasteiger charge is 2.24. The van der Waals surface area contributed by atoms with Crippen LogP contribution < -0.4 is 5.56 Å². The van der Waals surface area contributed by atoms with Crippen LogP contribution in [0, 0.1) is 6.92 Å². The maximum Gasteiger partial charge on any atom is 0.254 e. The van der Waals surface area contributed by atoms with Crippen molar-refractivity contribution in [3.05, 3.63) is 75.8 Å². The van der Waals surface area contributed by atoms with Crippen LogP contribution in [0.1, 0.15) is 53.7 Å². The molecule has 1 aromatic carbocycles. The van der Waals surface area contributed by atoms with E-state index >= 15 is 0 Å². The summed E-state index contributed by atoms with van der Waals surface area (Å²) in [5.41, 5.74) is 2.89. The zero-order chi connectivity index (χ0) is 19.4. The molecule has 0 saturated carbocycles. The predicted octanol–water partition coefficient (Wildman–Crippen LogP) is 4.24. The lowest BCUT2D eigenvalue weighted by molar-refractivity contribution is 0.0722. The second kappa shape index (κ2) is 8.16. The Morgan fingerprint density at radius 2 is 2.07 bits per heavy atom. The largest absolute Gasteiger partial charge is 0.335 e. The summed E-state index contributed by atoms with van der Waals surface area (Å²) in [5.74, 6) is -0.151. The van der Waals surface area contributed by atoms with Crippen LogP contribution in [-0.4, -0.2) is 27.8 Å². The van der Waals surface area contributed by atoms with Crippen LogP contribution in [0.15, 0.2) is 53.6 Å². The standard InChI is InChI=1S/C22H25N3O2/c1-4-5-8-20(16-7-6-11-23-14-16)25(3)22(27)18-13-21(26)24-19-10-9-15(2)12-17(18)19/h6-7,9-14,20H,4-5,8H2,1-3H3,(H,24,26)/t20-/m0/s1. The van der Waals surface area contributed by atoms with Gasteiger partial charge in [-0.15, -0.1) is 0 Å². The molecular formula is C22H25N3O2. The number of carbonyl (C=O) groups excluding carboxylic acids is 1. The molecular weight excluding hydrogens is 338 g/mol. The molecule has 0 aliphatic rings. The maximum atomic E-state index is 13.4. The number of benzene rings is 1. The molecule has 0 bridgehead atoms. The number of H-pyrrole nitrogens is 1. The van der Waals surface area contributed by atoms with Gasteiger partial charge >= 0.3 is 0 Å². The normalized spacial score (nSPS) is 12.1. The molecule has 5 heteroatoms. The highest BCUT2D eigenvalue weighted by Crippen LogP contribution is 2.27. The fraction of sp³-hybridized carbons (Fsp3) is 0.318. The number of aromatic nitrogens is 2. The van der Waals surface area contributed by atoms with Crippen LogP contribution in [-0.2, 0) is 0 Å². The molecule has 2 aromatic heterocycles. The third kappa shape index (κ3) is 4.08. The van der Waals surface area contributed by atoms with Gasteiger partial charge in [-0.05, 0) is 37.1 Å². The van der Waals surface area contributed by atoms with Gasteiger partial charge in [0.05, 0.1) is 11.6 Å². The van der Waals surface area contributed by atoms with Crippen molar-refractivity contribution >= 4 is 16.8 Å². The number of nitrogens with zero attached hydrogens (tertiary/aromatic N) is 2. The van der Waals surface area contributed by atoms with Crippen molar-refractivity contribution in [3.8, 4) is 0 Å². The molecule has 0 radical (unpaired) electrons. The second-order valence-electron chi connectivity index (χ2n) is 6.96. The molecule has 3 aromatic rings. The highest BCUT2D eigenvalue weighted by atomic mass is 16.2. The lowest BCUT2D eigenvalue weighted by Crippen LogP contribution is -2.32. The van der Waals surface area contributed by atoms with Crippen LogP contribution in [0.25, 0.3) is 10.9 Å². The van der Waals surface area contributed by atoms with Crippen molar-refractivity contribution in [1.82, 2.24) is 14.9 Å². The number of aryl methyl sites for hydroxylation is 1. The van der Waals surface area contributed by atoms with Gasteiger partial charge in [0.1, 0.15) is 0 Å². The Morgan fingerprint density at radius 1 is 1.26 bits per heavy atom. The molecule has 2 heterocycles. The minimum atomic E-state index is -0.269. The molecule has 0 aliphatic heterocycles. The van der Waals surface area contributed by atoms with Gasteiger partial charge < -0.3 is 9.88 Å². The number of carbonyl (C=O) groups is 1. The number of fused-ring (bicyclic) bond motifs is 1. The van der Waals surface area contributed by atoms with Crippen molar-refractivity contribution in [1.29, 1.82) is 0 Å². The maximum absolute atomic E-state index is 13.4. The van der Waals surface area contributed by atoms with Crippen molar-refractivity contribution in [2.75, 3.05) is 7.05 Å². The number of hydrogen-bond acceptors (Lipinski definition) is 3. The lowest BCUT2D eigenvalue weighted by atomic mass is 9.99. The van der Waals surface area contributed by atoms with Gasteiger partial charge in [0, 0.05) is 36.4 Å². The Kier molecular flexibility index (Phi) is 5.69. The van der Waals surface area contributed by atoms with Gasteiger partial charge in [-0.1, -0.05) is 37.5 Å². The molecule has 0 fully saturated rings. The third-order valence-corrected chi connectivity index (χ3v) is 4.92. The first-order valence-electron chi connectivity index (χ1n) is 9.32. The fourth-order valence-corrected chi connectivity index (χ4v) is 3.43. The summed E-state index contributed by atoms with van der Waals surface area (Å²) in [5, 5.41) is 0.770. The Labute approximate surface area is 159 Å².